The topological polar surface area (TPSA) is 54.0 Å². The third kappa shape index (κ3) is 5.64. The molecule has 0 radical (unpaired) electrons. The molecule has 0 spiro atoms. The first-order valence-electron chi connectivity index (χ1n) is 6.65. The van der Waals surface area contributed by atoms with E-state index in [1.54, 1.807) is 12.4 Å². The van der Waals surface area contributed by atoms with E-state index in [1.807, 2.05) is 32.2 Å². The van der Waals surface area contributed by atoms with Crippen molar-refractivity contribution in [1.29, 1.82) is 0 Å². The molecule has 2 aromatic rings. The highest BCUT2D eigenvalue weighted by Crippen LogP contribution is 2.19. The van der Waals surface area contributed by atoms with Gasteiger partial charge in [0.1, 0.15) is 0 Å². The van der Waals surface area contributed by atoms with Crippen LogP contribution in [0, 0.1) is 6.92 Å². The van der Waals surface area contributed by atoms with E-state index in [2.05, 4.69) is 27.8 Å². The SMILES string of the molecule is CNCCNC(=O)c1cncc(-c2ccc(C)cc2)c1.Cl.Cl. The number of pyridine rings is 1. The first kappa shape index (κ1) is 20.4. The summed E-state index contributed by atoms with van der Waals surface area (Å²) >= 11 is 0. The Morgan fingerprint density at radius 3 is 2.36 bits per heavy atom. The van der Waals surface area contributed by atoms with Crippen LogP contribution in [0.1, 0.15) is 15.9 Å². The van der Waals surface area contributed by atoms with Crippen LogP contribution in [-0.2, 0) is 0 Å². The van der Waals surface area contributed by atoms with Gasteiger partial charge in [0.2, 0.25) is 0 Å². The molecule has 6 heteroatoms. The molecular weight excluding hydrogens is 321 g/mol. The second-order valence-electron chi connectivity index (χ2n) is 4.69. The summed E-state index contributed by atoms with van der Waals surface area (Å²) in [7, 11) is 1.85. The third-order valence-corrected chi connectivity index (χ3v) is 3.05. The summed E-state index contributed by atoms with van der Waals surface area (Å²) in [6.07, 6.45) is 3.36. The molecule has 0 aliphatic rings. The lowest BCUT2D eigenvalue weighted by Crippen LogP contribution is -2.30. The van der Waals surface area contributed by atoms with Gasteiger partial charge >= 0.3 is 0 Å². The second kappa shape index (κ2) is 10.2. The molecule has 2 N–H and O–H groups in total. The van der Waals surface area contributed by atoms with Gasteiger partial charge in [-0.2, -0.15) is 0 Å². The fourth-order valence-corrected chi connectivity index (χ4v) is 1.87. The Bertz CT molecular complexity index is 588. The quantitative estimate of drug-likeness (QED) is 0.822. The molecule has 0 saturated heterocycles. The summed E-state index contributed by atoms with van der Waals surface area (Å²) in [5.74, 6) is -0.0956. The van der Waals surface area contributed by atoms with E-state index in [4.69, 9.17) is 0 Å². The number of aryl methyl sites for hydroxylation is 1. The molecule has 0 saturated carbocycles. The van der Waals surface area contributed by atoms with Crippen LogP contribution >= 0.6 is 24.8 Å². The Kier molecular flexibility index (Phi) is 9.42. The Morgan fingerprint density at radius 2 is 1.73 bits per heavy atom. The number of nitrogens with zero attached hydrogens (tertiary/aromatic N) is 1. The average Bonchev–Trinajstić information content (AvgIpc) is 2.48. The Balaban J connectivity index is 0.00000220. The predicted molar refractivity (Wildman–Crippen MR) is 95.2 cm³/mol. The molecule has 4 nitrogen and oxygen atoms in total. The largest absolute Gasteiger partial charge is 0.351 e. The zero-order valence-corrected chi connectivity index (χ0v) is 14.3. The lowest BCUT2D eigenvalue weighted by atomic mass is 10.0. The summed E-state index contributed by atoms with van der Waals surface area (Å²) in [5, 5.41) is 5.83. The molecular formula is C16H21Cl2N3O. The van der Waals surface area contributed by atoms with Crippen molar-refractivity contribution in [2.24, 2.45) is 0 Å². The maximum absolute atomic E-state index is 12.0. The number of benzene rings is 1. The first-order chi connectivity index (χ1) is 9.70. The number of halogens is 2. The zero-order chi connectivity index (χ0) is 14.4. The van der Waals surface area contributed by atoms with Gasteiger partial charge in [0.05, 0.1) is 5.56 Å². The van der Waals surface area contributed by atoms with E-state index in [1.165, 1.54) is 5.56 Å². The summed E-state index contributed by atoms with van der Waals surface area (Å²) in [5.41, 5.74) is 3.81. The van der Waals surface area contributed by atoms with Crippen LogP contribution < -0.4 is 10.6 Å². The minimum Gasteiger partial charge on any atom is -0.351 e. The molecule has 0 bridgehead atoms. The minimum atomic E-state index is -0.0956. The maximum atomic E-state index is 12.0. The van der Waals surface area contributed by atoms with Crippen LogP contribution in [0.2, 0.25) is 0 Å². The number of aromatic nitrogens is 1. The fourth-order valence-electron chi connectivity index (χ4n) is 1.87. The highest BCUT2D eigenvalue weighted by molar-refractivity contribution is 5.95. The van der Waals surface area contributed by atoms with Crippen molar-refractivity contribution in [3.05, 3.63) is 53.9 Å². The highest BCUT2D eigenvalue weighted by Gasteiger charge is 2.07. The molecule has 1 amide bonds. The number of hydrogen-bond donors (Lipinski definition) is 2. The third-order valence-electron chi connectivity index (χ3n) is 3.05. The van der Waals surface area contributed by atoms with Crippen molar-refractivity contribution in [3.8, 4) is 11.1 Å². The summed E-state index contributed by atoms with van der Waals surface area (Å²) in [6, 6.07) is 10.0. The van der Waals surface area contributed by atoms with Crippen molar-refractivity contribution in [3.63, 3.8) is 0 Å². The van der Waals surface area contributed by atoms with Gasteiger partial charge in [0.25, 0.3) is 5.91 Å². The number of likely N-dealkylation sites (N-methyl/N-ethyl adjacent to an activating group) is 1. The van der Waals surface area contributed by atoms with E-state index in [9.17, 15) is 4.79 Å². The average molecular weight is 342 g/mol. The number of hydrogen-bond acceptors (Lipinski definition) is 3. The smallest absolute Gasteiger partial charge is 0.252 e. The van der Waals surface area contributed by atoms with Crippen LogP contribution in [0.5, 0.6) is 0 Å². The van der Waals surface area contributed by atoms with E-state index >= 15 is 0 Å². The molecule has 0 aliphatic heterocycles. The van der Waals surface area contributed by atoms with Gasteiger partial charge in [-0.05, 0) is 25.6 Å². The number of nitrogens with one attached hydrogen (secondary N) is 2. The zero-order valence-electron chi connectivity index (χ0n) is 12.6. The van der Waals surface area contributed by atoms with Crippen LogP contribution in [0.25, 0.3) is 11.1 Å². The number of rotatable bonds is 5. The second-order valence-corrected chi connectivity index (χ2v) is 4.69. The summed E-state index contributed by atoms with van der Waals surface area (Å²) in [6.45, 7) is 3.40. The van der Waals surface area contributed by atoms with Crippen LogP contribution in [0.4, 0.5) is 0 Å². The molecule has 0 atom stereocenters. The van der Waals surface area contributed by atoms with Gasteiger partial charge < -0.3 is 10.6 Å². The molecule has 1 aromatic carbocycles. The van der Waals surface area contributed by atoms with Crippen LogP contribution in [0.15, 0.2) is 42.7 Å². The van der Waals surface area contributed by atoms with E-state index in [0.717, 1.165) is 17.7 Å². The fraction of sp³-hybridized carbons (Fsp3) is 0.250. The Morgan fingerprint density at radius 1 is 1.05 bits per heavy atom. The first-order valence-corrected chi connectivity index (χ1v) is 6.65. The van der Waals surface area contributed by atoms with Gasteiger partial charge in [0.15, 0.2) is 0 Å². The summed E-state index contributed by atoms with van der Waals surface area (Å²) in [4.78, 5) is 16.1. The number of carbonyl (C=O) groups excluding carboxylic acids is 1. The highest BCUT2D eigenvalue weighted by atomic mass is 35.5. The molecule has 1 aromatic heterocycles. The molecule has 22 heavy (non-hydrogen) atoms. The molecule has 1 heterocycles. The van der Waals surface area contributed by atoms with Gasteiger partial charge in [-0.25, -0.2) is 0 Å². The lowest BCUT2D eigenvalue weighted by molar-refractivity contribution is 0.0954. The van der Waals surface area contributed by atoms with Gasteiger partial charge in [-0.1, -0.05) is 29.8 Å². The molecule has 0 fully saturated rings. The van der Waals surface area contributed by atoms with Crippen molar-refractivity contribution in [1.82, 2.24) is 15.6 Å². The molecule has 2 rings (SSSR count). The molecule has 0 aliphatic carbocycles. The van der Waals surface area contributed by atoms with Gasteiger partial charge in [-0.15, -0.1) is 24.8 Å². The predicted octanol–water partition coefficient (Wildman–Crippen LogP) is 2.85. The Hall–Kier alpha value is -1.62. The van der Waals surface area contributed by atoms with E-state index in [-0.39, 0.29) is 30.7 Å². The van der Waals surface area contributed by atoms with Gasteiger partial charge in [0, 0.05) is 31.0 Å². The normalized spacial score (nSPS) is 9.36. The van der Waals surface area contributed by atoms with E-state index in [0.29, 0.717) is 12.1 Å². The van der Waals surface area contributed by atoms with Crippen LogP contribution in [0.3, 0.4) is 0 Å². The van der Waals surface area contributed by atoms with Crippen molar-refractivity contribution >= 4 is 30.7 Å². The van der Waals surface area contributed by atoms with Crippen LogP contribution in [-0.4, -0.2) is 31.0 Å². The maximum Gasteiger partial charge on any atom is 0.252 e. The summed E-state index contributed by atoms with van der Waals surface area (Å²) < 4.78 is 0. The van der Waals surface area contributed by atoms with Gasteiger partial charge in [-0.3, -0.25) is 9.78 Å². The molecule has 120 valence electrons. The van der Waals surface area contributed by atoms with E-state index < -0.39 is 0 Å². The molecule has 0 unspecified atom stereocenters. The van der Waals surface area contributed by atoms with Crippen molar-refractivity contribution in [2.45, 2.75) is 6.92 Å². The lowest BCUT2D eigenvalue weighted by Gasteiger charge is -2.07. The standard InChI is InChI=1S/C16H19N3O.2ClH/c1-12-3-5-13(6-4-12)14-9-15(11-18-10-14)16(20)19-8-7-17-2;;/h3-6,9-11,17H,7-8H2,1-2H3,(H,19,20);2*1H. The monoisotopic (exact) mass is 341 g/mol. The minimum absolute atomic E-state index is 0. The Labute approximate surface area is 143 Å². The number of carbonyl (C=O) groups is 1. The van der Waals surface area contributed by atoms with Crippen molar-refractivity contribution in [2.75, 3.05) is 20.1 Å². The number of amides is 1. The van der Waals surface area contributed by atoms with Crippen molar-refractivity contribution < 1.29 is 4.79 Å².